The van der Waals surface area contributed by atoms with E-state index in [2.05, 4.69) is 0 Å². The van der Waals surface area contributed by atoms with E-state index in [0.29, 0.717) is 5.39 Å². The Labute approximate surface area is 79.6 Å². The summed E-state index contributed by atoms with van der Waals surface area (Å²) in [5.74, 6) is 0.134. The molecule has 0 bridgehead atoms. The average molecular weight is 193 g/mol. The molecule has 2 rings (SSSR count). The second-order valence-electron chi connectivity index (χ2n) is 3.01. The van der Waals surface area contributed by atoms with E-state index in [1.165, 1.54) is 24.3 Å². The second-order valence-corrected chi connectivity index (χ2v) is 3.01. The quantitative estimate of drug-likeness (QED) is 0.736. The predicted molar refractivity (Wildman–Crippen MR) is 50.2 cm³/mol. The highest BCUT2D eigenvalue weighted by Crippen LogP contribution is 2.25. The van der Waals surface area contributed by atoms with Gasteiger partial charge in [-0.05, 0) is 29.0 Å². The molecule has 71 valence electrons. The number of aromatic hydroxyl groups is 1. The molecule has 14 heavy (non-hydrogen) atoms. The molecule has 0 saturated heterocycles. The molecule has 0 spiro atoms. The molecule has 0 amide bonds. The van der Waals surface area contributed by atoms with Gasteiger partial charge in [-0.3, -0.25) is 0 Å². The Kier molecular flexibility index (Phi) is 2.08. The van der Waals surface area contributed by atoms with E-state index in [0.717, 1.165) is 5.39 Å². The zero-order valence-corrected chi connectivity index (χ0v) is 7.17. The first-order valence-corrected chi connectivity index (χ1v) is 4.08. The number of benzene rings is 2. The molecule has 0 fully saturated rings. The SMILES string of the molecule is Oc1ccc2cc([C](F)F)ccc2c1. The second kappa shape index (κ2) is 3.25. The van der Waals surface area contributed by atoms with Crippen molar-refractivity contribution >= 4 is 10.8 Å². The largest absolute Gasteiger partial charge is 0.508 e. The first-order chi connectivity index (χ1) is 6.66. The third-order valence-electron chi connectivity index (χ3n) is 2.04. The number of hydrogen-bond donors (Lipinski definition) is 1. The van der Waals surface area contributed by atoms with Gasteiger partial charge in [0.05, 0.1) is 0 Å². The lowest BCUT2D eigenvalue weighted by atomic mass is 10.1. The molecule has 0 atom stereocenters. The van der Waals surface area contributed by atoms with Gasteiger partial charge in [0, 0.05) is 5.56 Å². The maximum absolute atomic E-state index is 12.2. The van der Waals surface area contributed by atoms with Gasteiger partial charge in [-0.1, -0.05) is 18.2 Å². The van der Waals surface area contributed by atoms with Crippen molar-refractivity contribution in [2.24, 2.45) is 0 Å². The highest BCUT2D eigenvalue weighted by atomic mass is 19.3. The van der Waals surface area contributed by atoms with Crippen molar-refractivity contribution in [3.63, 3.8) is 0 Å². The van der Waals surface area contributed by atoms with Crippen LogP contribution in [-0.4, -0.2) is 5.11 Å². The first-order valence-electron chi connectivity index (χ1n) is 4.08. The van der Waals surface area contributed by atoms with Crippen molar-refractivity contribution in [2.75, 3.05) is 0 Å². The summed E-state index contributed by atoms with van der Waals surface area (Å²) < 4.78 is 24.5. The van der Waals surface area contributed by atoms with Crippen molar-refractivity contribution in [1.29, 1.82) is 0 Å². The highest BCUT2D eigenvalue weighted by Gasteiger charge is 2.09. The molecule has 2 aromatic carbocycles. The Morgan fingerprint density at radius 3 is 2.29 bits per heavy atom. The molecule has 0 aliphatic carbocycles. The van der Waals surface area contributed by atoms with Gasteiger partial charge < -0.3 is 5.11 Å². The van der Waals surface area contributed by atoms with Gasteiger partial charge in [-0.2, -0.15) is 8.78 Å². The van der Waals surface area contributed by atoms with Gasteiger partial charge in [-0.15, -0.1) is 0 Å². The van der Waals surface area contributed by atoms with Gasteiger partial charge in [0.1, 0.15) is 5.75 Å². The van der Waals surface area contributed by atoms with Crippen molar-refractivity contribution < 1.29 is 13.9 Å². The zero-order chi connectivity index (χ0) is 10.1. The number of phenolic OH excluding ortho intramolecular Hbond substituents is 1. The highest BCUT2D eigenvalue weighted by molar-refractivity contribution is 5.84. The van der Waals surface area contributed by atoms with Gasteiger partial charge >= 0.3 is 6.43 Å². The van der Waals surface area contributed by atoms with Crippen LogP contribution in [0.3, 0.4) is 0 Å². The third kappa shape index (κ3) is 1.53. The van der Waals surface area contributed by atoms with E-state index in [4.69, 9.17) is 5.11 Å². The molecular weight excluding hydrogens is 186 g/mol. The van der Waals surface area contributed by atoms with Crippen LogP contribution in [-0.2, 0) is 0 Å². The predicted octanol–water partition coefficient (Wildman–Crippen LogP) is 3.32. The van der Waals surface area contributed by atoms with Crippen LogP contribution in [0.5, 0.6) is 5.75 Å². The molecule has 0 heterocycles. The minimum Gasteiger partial charge on any atom is -0.508 e. The van der Waals surface area contributed by atoms with Crippen LogP contribution in [0.4, 0.5) is 8.78 Å². The molecule has 3 heteroatoms. The van der Waals surface area contributed by atoms with Crippen molar-refractivity contribution in [3.05, 3.63) is 48.4 Å². The lowest BCUT2D eigenvalue weighted by Crippen LogP contribution is -1.84. The number of phenols is 1. The van der Waals surface area contributed by atoms with Crippen molar-refractivity contribution in [3.8, 4) is 5.75 Å². The topological polar surface area (TPSA) is 20.2 Å². The standard InChI is InChI=1S/C11H7F2O/c12-11(13)9-2-1-8-6-10(14)4-3-7(8)5-9/h1-6,14H. The van der Waals surface area contributed by atoms with Crippen LogP contribution < -0.4 is 0 Å². The molecule has 0 aromatic heterocycles. The number of fused-ring (bicyclic) bond motifs is 1. The first kappa shape index (κ1) is 8.94. The normalized spacial score (nSPS) is 11.1. The van der Waals surface area contributed by atoms with E-state index in [9.17, 15) is 8.78 Å². The zero-order valence-electron chi connectivity index (χ0n) is 7.17. The summed E-state index contributed by atoms with van der Waals surface area (Å²) in [6.07, 6.45) is -1.69. The minimum absolute atomic E-state index is 0.0804. The van der Waals surface area contributed by atoms with Crippen LogP contribution in [0, 0.1) is 6.43 Å². The number of halogens is 2. The summed E-state index contributed by atoms with van der Waals surface area (Å²) in [6, 6.07) is 8.90. The van der Waals surface area contributed by atoms with Gasteiger partial charge in [0.25, 0.3) is 0 Å². The molecular formula is C11H7F2O. The van der Waals surface area contributed by atoms with Crippen LogP contribution in [0.2, 0.25) is 0 Å². The van der Waals surface area contributed by atoms with E-state index in [1.54, 1.807) is 12.1 Å². The summed E-state index contributed by atoms with van der Waals surface area (Å²) in [4.78, 5) is 0. The third-order valence-corrected chi connectivity index (χ3v) is 2.04. The Bertz CT molecular complexity index is 466. The minimum atomic E-state index is -1.69. The molecule has 1 radical (unpaired) electrons. The Morgan fingerprint density at radius 1 is 0.929 bits per heavy atom. The van der Waals surface area contributed by atoms with Gasteiger partial charge in [0.15, 0.2) is 0 Å². The van der Waals surface area contributed by atoms with E-state index < -0.39 is 6.43 Å². The molecule has 2 aromatic rings. The van der Waals surface area contributed by atoms with E-state index in [1.807, 2.05) is 0 Å². The lowest BCUT2D eigenvalue weighted by molar-refractivity contribution is 0.325. The van der Waals surface area contributed by atoms with Crippen LogP contribution in [0.15, 0.2) is 36.4 Å². The fraction of sp³-hybridized carbons (Fsp3) is 0. The van der Waals surface area contributed by atoms with E-state index >= 15 is 0 Å². The Hall–Kier alpha value is -1.64. The fourth-order valence-corrected chi connectivity index (χ4v) is 1.35. The fourth-order valence-electron chi connectivity index (χ4n) is 1.35. The van der Waals surface area contributed by atoms with Crippen LogP contribution in [0.25, 0.3) is 10.8 Å². The molecule has 0 aliphatic rings. The summed E-state index contributed by atoms with van der Waals surface area (Å²) in [7, 11) is 0. The monoisotopic (exact) mass is 193 g/mol. The van der Waals surface area contributed by atoms with Crippen molar-refractivity contribution in [1.82, 2.24) is 0 Å². The van der Waals surface area contributed by atoms with Crippen molar-refractivity contribution in [2.45, 2.75) is 0 Å². The summed E-state index contributed by atoms with van der Waals surface area (Å²) in [6.45, 7) is 0. The lowest BCUT2D eigenvalue weighted by Gasteiger charge is -2.01. The molecule has 0 unspecified atom stereocenters. The summed E-state index contributed by atoms with van der Waals surface area (Å²) in [5, 5.41) is 10.6. The Morgan fingerprint density at radius 2 is 1.57 bits per heavy atom. The molecule has 0 saturated carbocycles. The summed E-state index contributed by atoms with van der Waals surface area (Å²) >= 11 is 0. The molecule has 1 N–H and O–H groups in total. The maximum atomic E-state index is 12.2. The van der Waals surface area contributed by atoms with E-state index in [-0.39, 0.29) is 11.3 Å². The molecule has 1 nitrogen and oxygen atoms in total. The Balaban J connectivity index is 2.62. The van der Waals surface area contributed by atoms with Gasteiger partial charge in [-0.25, -0.2) is 0 Å². The molecule has 0 aliphatic heterocycles. The smallest absolute Gasteiger partial charge is 0.339 e. The van der Waals surface area contributed by atoms with Gasteiger partial charge in [0.2, 0.25) is 0 Å². The average Bonchev–Trinajstić information content (AvgIpc) is 2.16. The van der Waals surface area contributed by atoms with Crippen LogP contribution in [0.1, 0.15) is 5.56 Å². The summed E-state index contributed by atoms with van der Waals surface area (Å²) in [5.41, 5.74) is -0.0804. The van der Waals surface area contributed by atoms with Crippen LogP contribution >= 0.6 is 0 Å². The maximum Gasteiger partial charge on any atom is 0.339 e. The number of rotatable bonds is 1. The number of hydrogen-bond acceptors (Lipinski definition) is 1.